The van der Waals surface area contributed by atoms with Gasteiger partial charge < -0.3 is 30.3 Å². The van der Waals surface area contributed by atoms with Gasteiger partial charge in [-0.3, -0.25) is 4.79 Å². The predicted molar refractivity (Wildman–Crippen MR) is 140 cm³/mol. The lowest BCUT2D eigenvalue weighted by atomic mass is 10.2. The highest BCUT2D eigenvalue weighted by molar-refractivity contribution is 7.22. The summed E-state index contributed by atoms with van der Waals surface area (Å²) in [5.41, 5.74) is 7.07. The summed E-state index contributed by atoms with van der Waals surface area (Å²) in [5.74, 6) is 1.29. The van der Waals surface area contributed by atoms with Crippen molar-refractivity contribution in [3.05, 3.63) is 42.2 Å². The molecule has 11 heteroatoms. The minimum absolute atomic E-state index is 0.334. The van der Waals surface area contributed by atoms with Gasteiger partial charge in [0.05, 0.1) is 35.0 Å². The minimum atomic E-state index is -0.540. The molecule has 1 aliphatic rings. The Balaban J connectivity index is 1.32. The van der Waals surface area contributed by atoms with Gasteiger partial charge in [-0.25, -0.2) is 15.0 Å². The zero-order valence-electron chi connectivity index (χ0n) is 20.3. The number of carbonyl (C=O) groups is 1. The van der Waals surface area contributed by atoms with Gasteiger partial charge in [0.25, 0.3) is 5.91 Å². The van der Waals surface area contributed by atoms with E-state index in [1.54, 1.807) is 19.2 Å². The summed E-state index contributed by atoms with van der Waals surface area (Å²) in [5, 5.41) is 4.59. The number of thiazole rings is 1. The van der Waals surface area contributed by atoms with Crippen LogP contribution in [0.2, 0.25) is 0 Å². The number of piperazine rings is 1. The Hall–Kier alpha value is -3.54. The molecule has 1 saturated heterocycles. The standard InChI is InChI=1S/C25H28N7O3S/c1-31-8-10-32(11-9-31)7-4-12-35-20-14-18-17(13-19(20)34-2)24(28-15-27-18)30-25-29-22-16(23(26)33)5-3-6-21(22)36-25/h5-6,13-15H,4,7-12H2,1-2H3,(H2,26,33)(H,27,28,29,30). The van der Waals surface area contributed by atoms with Gasteiger partial charge in [0.1, 0.15) is 12.1 Å². The maximum absolute atomic E-state index is 11.7. The lowest BCUT2D eigenvalue weighted by Crippen LogP contribution is -2.44. The molecule has 1 amide bonds. The number of nitrogens with zero attached hydrogens (tertiary/aromatic N) is 5. The molecule has 5 rings (SSSR count). The van der Waals surface area contributed by atoms with Gasteiger partial charge in [0.15, 0.2) is 16.6 Å². The van der Waals surface area contributed by atoms with Gasteiger partial charge in [-0.2, -0.15) is 0 Å². The van der Waals surface area contributed by atoms with Crippen LogP contribution < -0.4 is 20.5 Å². The number of primary amides is 1. The van der Waals surface area contributed by atoms with E-state index in [4.69, 9.17) is 15.2 Å². The number of aromatic nitrogens is 3. The van der Waals surface area contributed by atoms with Crippen molar-refractivity contribution in [2.45, 2.75) is 6.42 Å². The Bertz CT molecular complexity index is 1390. The number of ether oxygens (including phenoxy) is 2. The van der Waals surface area contributed by atoms with Crippen molar-refractivity contribution in [1.29, 1.82) is 0 Å². The predicted octanol–water partition coefficient (Wildman–Crippen LogP) is 2.91. The van der Waals surface area contributed by atoms with Crippen LogP contribution in [0.1, 0.15) is 16.8 Å². The average molecular weight is 507 g/mol. The molecule has 0 spiro atoms. The van der Waals surface area contributed by atoms with Gasteiger partial charge in [0.2, 0.25) is 0 Å². The second-order valence-electron chi connectivity index (χ2n) is 8.68. The van der Waals surface area contributed by atoms with E-state index in [2.05, 4.69) is 43.2 Å². The lowest BCUT2D eigenvalue weighted by Gasteiger charge is -2.32. The maximum Gasteiger partial charge on any atom is 0.250 e. The van der Waals surface area contributed by atoms with Crippen LogP contribution in [0.3, 0.4) is 0 Å². The number of amides is 1. The third kappa shape index (κ3) is 5.18. The minimum Gasteiger partial charge on any atom is -0.493 e. The number of nitrogens with one attached hydrogen (secondary N) is 1. The fourth-order valence-corrected chi connectivity index (χ4v) is 5.08. The Labute approximate surface area is 213 Å². The van der Waals surface area contributed by atoms with Crippen molar-refractivity contribution in [2.75, 3.05) is 58.8 Å². The largest absolute Gasteiger partial charge is 0.493 e. The third-order valence-electron chi connectivity index (χ3n) is 6.23. The van der Waals surface area contributed by atoms with Crippen LogP contribution in [-0.4, -0.2) is 84.1 Å². The Kier molecular flexibility index (Phi) is 7.12. The number of rotatable bonds is 9. The molecule has 2 aromatic carbocycles. The summed E-state index contributed by atoms with van der Waals surface area (Å²) >= 11 is 1.39. The molecular formula is C25H28N7O3S. The van der Waals surface area contributed by atoms with Crippen LogP contribution in [0.25, 0.3) is 21.1 Å². The molecule has 1 radical (unpaired) electrons. The van der Waals surface area contributed by atoms with Crippen LogP contribution in [0.4, 0.5) is 10.9 Å². The zero-order valence-corrected chi connectivity index (χ0v) is 21.1. The quantitative estimate of drug-likeness (QED) is 0.330. The van der Waals surface area contributed by atoms with Crippen molar-refractivity contribution in [3.8, 4) is 11.5 Å². The molecule has 4 aromatic rings. The highest BCUT2D eigenvalue weighted by Gasteiger charge is 2.16. The summed E-state index contributed by atoms with van der Waals surface area (Å²) in [6.45, 7) is 6.01. The summed E-state index contributed by atoms with van der Waals surface area (Å²) < 4.78 is 12.5. The SMILES string of the molecule is COc1cc2c(Nc3nc4c(C(N)=O)c[c]cc4s3)ncnc2cc1OCCCN1CCN(C)CC1. The second kappa shape index (κ2) is 10.6. The number of hydrogen-bond donors (Lipinski definition) is 2. The molecule has 0 saturated carbocycles. The molecule has 10 nitrogen and oxygen atoms in total. The summed E-state index contributed by atoms with van der Waals surface area (Å²) in [7, 11) is 3.78. The van der Waals surface area contributed by atoms with Crippen LogP contribution >= 0.6 is 11.3 Å². The normalized spacial score (nSPS) is 14.8. The van der Waals surface area contributed by atoms with Gasteiger partial charge in [0, 0.05) is 44.2 Å². The van der Waals surface area contributed by atoms with Crippen molar-refractivity contribution in [1.82, 2.24) is 24.8 Å². The number of carbonyl (C=O) groups excluding carboxylic acids is 1. The van der Waals surface area contributed by atoms with E-state index in [-0.39, 0.29) is 0 Å². The zero-order chi connectivity index (χ0) is 25.1. The van der Waals surface area contributed by atoms with Gasteiger partial charge in [-0.15, -0.1) is 0 Å². The molecule has 3 N–H and O–H groups in total. The van der Waals surface area contributed by atoms with Crippen LogP contribution in [0, 0.1) is 6.07 Å². The first-order chi connectivity index (χ1) is 17.5. The number of nitrogens with two attached hydrogens (primary N) is 1. The number of likely N-dealkylation sites (N-methyl/N-ethyl adjacent to an activating group) is 1. The lowest BCUT2D eigenvalue weighted by molar-refractivity contribution is 0.100. The Morgan fingerprint density at radius 3 is 2.81 bits per heavy atom. The van der Waals surface area contributed by atoms with E-state index in [9.17, 15) is 4.79 Å². The first-order valence-electron chi connectivity index (χ1n) is 11.8. The summed E-state index contributed by atoms with van der Waals surface area (Å²) in [4.78, 5) is 30.0. The van der Waals surface area contributed by atoms with E-state index in [1.807, 2.05) is 12.1 Å². The van der Waals surface area contributed by atoms with Gasteiger partial charge in [-0.1, -0.05) is 11.3 Å². The van der Waals surface area contributed by atoms with Crippen molar-refractivity contribution < 1.29 is 14.3 Å². The summed E-state index contributed by atoms with van der Waals surface area (Å²) in [6, 6.07) is 10.00. The smallest absolute Gasteiger partial charge is 0.250 e. The first kappa shape index (κ1) is 24.2. The van der Waals surface area contributed by atoms with Crippen LogP contribution in [0.5, 0.6) is 11.5 Å². The van der Waals surface area contributed by atoms with Crippen LogP contribution in [-0.2, 0) is 0 Å². The van der Waals surface area contributed by atoms with E-state index in [0.29, 0.717) is 40.1 Å². The number of benzene rings is 2. The molecule has 2 aromatic heterocycles. The van der Waals surface area contributed by atoms with E-state index >= 15 is 0 Å². The fourth-order valence-electron chi connectivity index (χ4n) is 4.21. The fraction of sp³-hybridized carbons (Fsp3) is 0.360. The molecule has 1 fully saturated rings. The average Bonchev–Trinajstić information content (AvgIpc) is 3.30. The van der Waals surface area contributed by atoms with Crippen molar-refractivity contribution in [2.24, 2.45) is 5.73 Å². The van der Waals surface area contributed by atoms with Gasteiger partial charge in [-0.05, 0) is 37.7 Å². The molecule has 1 aliphatic heterocycles. The summed E-state index contributed by atoms with van der Waals surface area (Å²) in [6.07, 6.45) is 2.42. The Morgan fingerprint density at radius 2 is 2.03 bits per heavy atom. The number of hydrogen-bond acceptors (Lipinski definition) is 10. The number of methoxy groups -OCH3 is 1. The molecular weight excluding hydrogens is 478 g/mol. The van der Waals surface area contributed by atoms with Gasteiger partial charge >= 0.3 is 0 Å². The van der Waals surface area contributed by atoms with E-state index in [0.717, 1.165) is 54.7 Å². The van der Waals surface area contributed by atoms with E-state index in [1.165, 1.54) is 17.7 Å². The number of anilines is 2. The van der Waals surface area contributed by atoms with E-state index < -0.39 is 5.91 Å². The number of fused-ring (bicyclic) bond motifs is 2. The maximum atomic E-state index is 11.7. The molecule has 0 aliphatic carbocycles. The third-order valence-corrected chi connectivity index (χ3v) is 7.15. The molecule has 187 valence electrons. The highest BCUT2D eigenvalue weighted by atomic mass is 32.1. The van der Waals surface area contributed by atoms with Crippen LogP contribution in [0.15, 0.2) is 30.6 Å². The molecule has 0 atom stereocenters. The first-order valence-corrected chi connectivity index (χ1v) is 12.6. The van der Waals surface area contributed by atoms with Crippen molar-refractivity contribution >= 4 is 49.3 Å². The molecule has 0 bridgehead atoms. The van der Waals surface area contributed by atoms with Crippen molar-refractivity contribution in [3.63, 3.8) is 0 Å². The molecule has 3 heterocycles. The molecule has 36 heavy (non-hydrogen) atoms. The monoisotopic (exact) mass is 506 g/mol. The Morgan fingerprint density at radius 1 is 1.19 bits per heavy atom. The highest BCUT2D eigenvalue weighted by Crippen LogP contribution is 2.36. The molecule has 0 unspecified atom stereocenters. The second-order valence-corrected chi connectivity index (χ2v) is 9.71. The topological polar surface area (TPSA) is 119 Å².